The number of carbonyl (C=O) groups is 1. The molecule has 4 aromatic rings. The van der Waals surface area contributed by atoms with Crippen molar-refractivity contribution in [3.8, 4) is 5.75 Å². The molecule has 0 unspecified atom stereocenters. The fraction of sp³-hybridized carbons (Fsp3) is 0.267. The minimum absolute atomic E-state index is 0.0731. The van der Waals surface area contributed by atoms with Gasteiger partial charge in [0.05, 0.1) is 17.6 Å². The molecular weight excluding hydrogens is 434 g/mol. The highest BCUT2D eigenvalue weighted by Gasteiger charge is 2.10. The molecule has 0 atom stereocenters. The number of hydrogen-bond acceptors (Lipinski definition) is 3. The van der Waals surface area contributed by atoms with Crippen LogP contribution in [0.25, 0.3) is 17.1 Å². The standard InChI is InChI=1S/C30H33N3O2/c1-24-12-5-8-17-28(24)35-23-10-9-22-33-27-16-7-6-15-26(27)32-29(33)18-11-21-31-30(34)20-19-25-13-3-2-4-14-25/h2-8,12-17,19-20H,9-11,18,21-23H2,1H3,(H,31,34)/b20-19+. The normalized spacial score (nSPS) is 11.2. The van der Waals surface area contributed by atoms with E-state index in [1.54, 1.807) is 6.08 Å². The average Bonchev–Trinajstić information content (AvgIpc) is 3.24. The van der Waals surface area contributed by atoms with E-state index >= 15 is 0 Å². The van der Waals surface area contributed by atoms with Gasteiger partial charge in [-0.1, -0.05) is 60.7 Å². The third kappa shape index (κ3) is 7.06. The van der Waals surface area contributed by atoms with Gasteiger partial charge in [0, 0.05) is 25.6 Å². The van der Waals surface area contributed by atoms with Gasteiger partial charge in [-0.25, -0.2) is 4.98 Å². The number of rotatable bonds is 12. The molecule has 0 aliphatic heterocycles. The average molecular weight is 468 g/mol. The zero-order valence-corrected chi connectivity index (χ0v) is 20.3. The summed E-state index contributed by atoms with van der Waals surface area (Å²) in [6, 6.07) is 26.2. The number of nitrogens with one attached hydrogen (secondary N) is 1. The summed E-state index contributed by atoms with van der Waals surface area (Å²) in [5, 5.41) is 2.98. The monoisotopic (exact) mass is 467 g/mol. The van der Waals surface area contributed by atoms with Gasteiger partial charge in [0.15, 0.2) is 0 Å². The van der Waals surface area contributed by atoms with Crippen LogP contribution in [0.3, 0.4) is 0 Å². The topological polar surface area (TPSA) is 56.1 Å². The Balaban J connectivity index is 1.26. The lowest BCUT2D eigenvalue weighted by Gasteiger charge is -2.11. The molecule has 1 N–H and O–H groups in total. The van der Waals surface area contributed by atoms with Crippen molar-refractivity contribution < 1.29 is 9.53 Å². The predicted molar refractivity (Wildman–Crippen MR) is 142 cm³/mol. The van der Waals surface area contributed by atoms with Crippen molar-refractivity contribution in [3.05, 3.63) is 102 Å². The molecule has 5 nitrogen and oxygen atoms in total. The molecule has 0 saturated carbocycles. The van der Waals surface area contributed by atoms with Crippen LogP contribution in [0.2, 0.25) is 0 Å². The number of hydrogen-bond donors (Lipinski definition) is 1. The maximum absolute atomic E-state index is 12.1. The minimum Gasteiger partial charge on any atom is -0.493 e. The first-order chi connectivity index (χ1) is 17.2. The second-order valence-electron chi connectivity index (χ2n) is 8.63. The van der Waals surface area contributed by atoms with Gasteiger partial charge in [0.2, 0.25) is 5.91 Å². The Hall–Kier alpha value is -3.86. The molecule has 5 heteroatoms. The van der Waals surface area contributed by atoms with E-state index in [2.05, 4.69) is 41.1 Å². The Kier molecular flexibility index (Phi) is 8.71. The maximum Gasteiger partial charge on any atom is 0.243 e. The van der Waals surface area contributed by atoms with Crippen LogP contribution in [0, 0.1) is 6.92 Å². The summed E-state index contributed by atoms with van der Waals surface area (Å²) in [7, 11) is 0. The van der Waals surface area contributed by atoms with Gasteiger partial charge in [-0.2, -0.15) is 0 Å². The maximum atomic E-state index is 12.1. The fourth-order valence-electron chi connectivity index (χ4n) is 4.09. The Morgan fingerprint density at radius 3 is 2.57 bits per heavy atom. The first-order valence-electron chi connectivity index (χ1n) is 12.3. The number of para-hydroxylation sites is 3. The lowest BCUT2D eigenvalue weighted by molar-refractivity contribution is -0.116. The molecule has 35 heavy (non-hydrogen) atoms. The number of aromatic nitrogens is 2. The van der Waals surface area contributed by atoms with Gasteiger partial charge < -0.3 is 14.6 Å². The Labute approximate surface area is 207 Å². The number of unbranched alkanes of at least 4 members (excludes halogenated alkanes) is 1. The minimum atomic E-state index is -0.0731. The van der Waals surface area contributed by atoms with Crippen LogP contribution in [0.1, 0.15) is 36.2 Å². The van der Waals surface area contributed by atoms with E-state index in [9.17, 15) is 4.79 Å². The van der Waals surface area contributed by atoms with Gasteiger partial charge >= 0.3 is 0 Å². The van der Waals surface area contributed by atoms with Crippen molar-refractivity contribution in [2.45, 2.75) is 39.2 Å². The van der Waals surface area contributed by atoms with Crippen molar-refractivity contribution in [1.29, 1.82) is 0 Å². The van der Waals surface area contributed by atoms with E-state index in [4.69, 9.17) is 9.72 Å². The molecule has 0 saturated heterocycles. The highest BCUT2D eigenvalue weighted by molar-refractivity contribution is 5.91. The van der Waals surface area contributed by atoms with E-state index < -0.39 is 0 Å². The van der Waals surface area contributed by atoms with Crippen LogP contribution < -0.4 is 10.1 Å². The molecule has 4 rings (SSSR count). The quantitative estimate of drug-likeness (QED) is 0.206. The third-order valence-corrected chi connectivity index (χ3v) is 5.96. The van der Waals surface area contributed by atoms with Crippen LogP contribution in [-0.4, -0.2) is 28.6 Å². The van der Waals surface area contributed by atoms with Crippen LogP contribution in [-0.2, 0) is 17.8 Å². The molecule has 1 aromatic heterocycles. The van der Waals surface area contributed by atoms with Gasteiger partial charge in [-0.15, -0.1) is 0 Å². The van der Waals surface area contributed by atoms with Gasteiger partial charge in [-0.05, 0) is 61.6 Å². The molecular formula is C30H33N3O2. The summed E-state index contributed by atoms with van der Waals surface area (Å²) in [6.07, 6.45) is 7.06. The Bertz CT molecular complexity index is 1260. The first kappa shape index (κ1) is 24.3. The van der Waals surface area contributed by atoms with Crippen LogP contribution >= 0.6 is 0 Å². The van der Waals surface area contributed by atoms with E-state index in [0.717, 1.165) is 66.0 Å². The summed E-state index contributed by atoms with van der Waals surface area (Å²) < 4.78 is 8.27. The zero-order valence-electron chi connectivity index (χ0n) is 20.3. The smallest absolute Gasteiger partial charge is 0.243 e. The van der Waals surface area contributed by atoms with Crippen molar-refractivity contribution in [1.82, 2.24) is 14.9 Å². The van der Waals surface area contributed by atoms with E-state index in [-0.39, 0.29) is 5.91 Å². The lowest BCUT2D eigenvalue weighted by Crippen LogP contribution is -2.22. The fourth-order valence-corrected chi connectivity index (χ4v) is 4.09. The van der Waals surface area contributed by atoms with Gasteiger partial charge in [-0.3, -0.25) is 4.79 Å². The van der Waals surface area contributed by atoms with Crippen molar-refractivity contribution in [2.24, 2.45) is 0 Å². The highest BCUT2D eigenvalue weighted by Crippen LogP contribution is 2.19. The molecule has 0 fully saturated rings. The highest BCUT2D eigenvalue weighted by atomic mass is 16.5. The Morgan fingerprint density at radius 2 is 1.71 bits per heavy atom. The van der Waals surface area contributed by atoms with Crippen molar-refractivity contribution >= 4 is 23.0 Å². The van der Waals surface area contributed by atoms with Gasteiger partial charge in [0.1, 0.15) is 11.6 Å². The molecule has 1 heterocycles. The Morgan fingerprint density at radius 1 is 0.943 bits per heavy atom. The summed E-state index contributed by atoms with van der Waals surface area (Å²) in [6.45, 7) is 4.29. The lowest BCUT2D eigenvalue weighted by atomic mass is 10.2. The SMILES string of the molecule is Cc1ccccc1OCCCCn1c(CCCNC(=O)/C=C/c2ccccc2)nc2ccccc21. The summed E-state index contributed by atoms with van der Waals surface area (Å²) in [5.41, 5.74) is 4.37. The number of nitrogens with zero attached hydrogens (tertiary/aromatic N) is 2. The van der Waals surface area contributed by atoms with Gasteiger partial charge in [0.25, 0.3) is 0 Å². The number of benzene rings is 3. The molecule has 0 bridgehead atoms. The number of imidazole rings is 1. The van der Waals surface area contributed by atoms with Crippen molar-refractivity contribution in [2.75, 3.05) is 13.2 Å². The zero-order chi connectivity index (χ0) is 24.3. The second-order valence-corrected chi connectivity index (χ2v) is 8.63. The summed E-state index contributed by atoms with van der Waals surface area (Å²) >= 11 is 0. The molecule has 0 aliphatic rings. The second kappa shape index (κ2) is 12.6. The number of aryl methyl sites for hydroxylation is 3. The molecule has 0 spiro atoms. The van der Waals surface area contributed by atoms with E-state index in [1.807, 2.05) is 60.7 Å². The number of fused-ring (bicyclic) bond motifs is 1. The summed E-state index contributed by atoms with van der Waals surface area (Å²) in [5.74, 6) is 1.96. The van der Waals surface area contributed by atoms with Crippen LogP contribution in [0.15, 0.2) is 84.9 Å². The number of amides is 1. The van der Waals surface area contributed by atoms with E-state index in [0.29, 0.717) is 13.2 Å². The number of ether oxygens (including phenoxy) is 1. The van der Waals surface area contributed by atoms with Crippen molar-refractivity contribution in [3.63, 3.8) is 0 Å². The van der Waals surface area contributed by atoms with E-state index in [1.165, 1.54) is 0 Å². The first-order valence-corrected chi connectivity index (χ1v) is 12.3. The summed E-state index contributed by atoms with van der Waals surface area (Å²) in [4.78, 5) is 17.0. The van der Waals surface area contributed by atoms with Crippen LogP contribution in [0.5, 0.6) is 5.75 Å². The molecule has 0 radical (unpaired) electrons. The predicted octanol–water partition coefficient (Wildman–Crippen LogP) is 5.97. The molecule has 1 amide bonds. The number of carbonyl (C=O) groups excluding carboxylic acids is 1. The largest absolute Gasteiger partial charge is 0.493 e. The molecule has 180 valence electrons. The molecule has 3 aromatic carbocycles. The van der Waals surface area contributed by atoms with Crippen LogP contribution in [0.4, 0.5) is 0 Å². The molecule has 0 aliphatic carbocycles. The third-order valence-electron chi connectivity index (χ3n) is 5.96.